The van der Waals surface area contributed by atoms with E-state index in [0.29, 0.717) is 24.3 Å². The summed E-state index contributed by atoms with van der Waals surface area (Å²) in [7, 11) is 0. The molecule has 1 aromatic rings. The third kappa shape index (κ3) is 5.23. The molecule has 1 aromatic heterocycles. The standard InChI is InChI=1S/C15H19F3N2O2S/c1-9(21)19-8-12-5-6-13(23-12)14(22)20-11-4-2-3-10(7-11)15(16,17)18/h5-6,10-11H,2-4,7-8H2,1H3,(H,19,21)(H,20,22). The maximum absolute atomic E-state index is 12.8. The Morgan fingerprint density at radius 2 is 2.04 bits per heavy atom. The van der Waals surface area contributed by atoms with Gasteiger partial charge in [0.15, 0.2) is 0 Å². The van der Waals surface area contributed by atoms with E-state index in [2.05, 4.69) is 10.6 Å². The topological polar surface area (TPSA) is 58.2 Å². The Labute approximate surface area is 136 Å². The lowest BCUT2D eigenvalue weighted by molar-refractivity contribution is -0.183. The molecule has 0 aliphatic heterocycles. The van der Waals surface area contributed by atoms with Crippen molar-refractivity contribution < 1.29 is 22.8 Å². The molecule has 1 saturated carbocycles. The molecule has 1 aliphatic rings. The quantitative estimate of drug-likeness (QED) is 0.878. The van der Waals surface area contributed by atoms with Gasteiger partial charge in [-0.3, -0.25) is 9.59 Å². The van der Waals surface area contributed by atoms with Crippen LogP contribution in [0.3, 0.4) is 0 Å². The zero-order valence-electron chi connectivity index (χ0n) is 12.7. The fourth-order valence-electron chi connectivity index (χ4n) is 2.68. The van der Waals surface area contributed by atoms with Crippen LogP contribution in [0.5, 0.6) is 0 Å². The SMILES string of the molecule is CC(=O)NCc1ccc(C(=O)NC2CCCC(C(F)(F)F)C2)s1. The molecule has 0 bridgehead atoms. The molecule has 128 valence electrons. The average molecular weight is 348 g/mol. The Morgan fingerprint density at radius 3 is 2.70 bits per heavy atom. The molecule has 1 aliphatic carbocycles. The average Bonchev–Trinajstić information content (AvgIpc) is 2.93. The Kier molecular flexibility index (Phi) is 5.67. The molecule has 4 nitrogen and oxygen atoms in total. The number of alkyl halides is 3. The number of halogens is 3. The number of carbonyl (C=O) groups excluding carboxylic acids is 2. The molecule has 2 rings (SSSR count). The first kappa shape index (κ1) is 17.8. The van der Waals surface area contributed by atoms with E-state index in [9.17, 15) is 22.8 Å². The molecule has 2 N–H and O–H groups in total. The molecular weight excluding hydrogens is 329 g/mol. The van der Waals surface area contributed by atoms with Crippen molar-refractivity contribution in [2.75, 3.05) is 0 Å². The van der Waals surface area contributed by atoms with E-state index < -0.39 is 18.1 Å². The van der Waals surface area contributed by atoms with E-state index >= 15 is 0 Å². The van der Waals surface area contributed by atoms with Crippen molar-refractivity contribution in [1.82, 2.24) is 10.6 Å². The lowest BCUT2D eigenvalue weighted by Gasteiger charge is -2.30. The minimum Gasteiger partial charge on any atom is -0.351 e. The Balaban J connectivity index is 1.90. The van der Waals surface area contributed by atoms with Crippen molar-refractivity contribution >= 4 is 23.2 Å². The minimum absolute atomic E-state index is 0.0562. The first-order valence-corrected chi connectivity index (χ1v) is 8.28. The van der Waals surface area contributed by atoms with Gasteiger partial charge in [-0.15, -0.1) is 11.3 Å². The summed E-state index contributed by atoms with van der Waals surface area (Å²) in [5, 5.41) is 5.33. The Morgan fingerprint density at radius 1 is 1.30 bits per heavy atom. The van der Waals surface area contributed by atoms with Crippen LogP contribution < -0.4 is 10.6 Å². The molecule has 0 saturated heterocycles. The highest BCUT2D eigenvalue weighted by Gasteiger charge is 2.42. The summed E-state index contributed by atoms with van der Waals surface area (Å²) in [6.07, 6.45) is -3.08. The van der Waals surface area contributed by atoms with E-state index in [1.54, 1.807) is 12.1 Å². The lowest BCUT2D eigenvalue weighted by atomic mass is 9.85. The van der Waals surface area contributed by atoms with E-state index in [-0.39, 0.29) is 24.7 Å². The summed E-state index contributed by atoms with van der Waals surface area (Å²) in [4.78, 5) is 24.3. The predicted octanol–water partition coefficient (Wildman–Crippen LogP) is 3.24. The summed E-state index contributed by atoms with van der Waals surface area (Å²) in [5.74, 6) is -1.85. The monoisotopic (exact) mass is 348 g/mol. The van der Waals surface area contributed by atoms with Gasteiger partial charge in [0.1, 0.15) is 0 Å². The van der Waals surface area contributed by atoms with Crippen LogP contribution in [-0.4, -0.2) is 24.0 Å². The maximum atomic E-state index is 12.8. The number of thiophene rings is 1. The van der Waals surface area contributed by atoms with Crippen molar-refractivity contribution in [3.8, 4) is 0 Å². The predicted molar refractivity (Wildman–Crippen MR) is 81.1 cm³/mol. The van der Waals surface area contributed by atoms with Crippen LogP contribution in [0.15, 0.2) is 12.1 Å². The van der Waals surface area contributed by atoms with Crippen molar-refractivity contribution in [2.45, 2.75) is 51.4 Å². The number of rotatable bonds is 4. The van der Waals surface area contributed by atoms with E-state index in [1.165, 1.54) is 18.3 Å². The number of hydrogen-bond donors (Lipinski definition) is 2. The highest BCUT2D eigenvalue weighted by atomic mass is 32.1. The van der Waals surface area contributed by atoms with Gasteiger partial charge >= 0.3 is 6.18 Å². The van der Waals surface area contributed by atoms with E-state index in [1.807, 2.05) is 0 Å². The van der Waals surface area contributed by atoms with Crippen LogP contribution in [0.1, 0.15) is 47.2 Å². The summed E-state index contributed by atoms with van der Waals surface area (Å²) in [6, 6.07) is 2.92. The van der Waals surface area contributed by atoms with Crippen LogP contribution in [0.25, 0.3) is 0 Å². The summed E-state index contributed by atoms with van der Waals surface area (Å²) in [6.45, 7) is 1.74. The molecule has 1 fully saturated rings. The third-order valence-corrected chi connectivity index (χ3v) is 4.95. The van der Waals surface area contributed by atoms with Gasteiger partial charge in [0.25, 0.3) is 5.91 Å². The first-order valence-electron chi connectivity index (χ1n) is 7.46. The van der Waals surface area contributed by atoms with Crippen molar-refractivity contribution in [3.05, 3.63) is 21.9 Å². The molecule has 2 amide bonds. The Hall–Kier alpha value is -1.57. The second kappa shape index (κ2) is 7.33. The smallest absolute Gasteiger partial charge is 0.351 e. The van der Waals surface area contributed by atoms with Gasteiger partial charge in [-0.05, 0) is 31.4 Å². The molecule has 0 aromatic carbocycles. The van der Waals surface area contributed by atoms with Crippen molar-refractivity contribution in [3.63, 3.8) is 0 Å². The van der Waals surface area contributed by atoms with Gasteiger partial charge in [0.2, 0.25) is 5.91 Å². The molecular formula is C15H19F3N2O2S. The normalized spacial score (nSPS) is 21.7. The highest BCUT2D eigenvalue weighted by molar-refractivity contribution is 7.14. The minimum atomic E-state index is -4.20. The number of hydrogen-bond acceptors (Lipinski definition) is 3. The zero-order chi connectivity index (χ0) is 17.0. The molecule has 23 heavy (non-hydrogen) atoms. The Bertz CT molecular complexity index is 571. The zero-order valence-corrected chi connectivity index (χ0v) is 13.5. The lowest BCUT2D eigenvalue weighted by Crippen LogP contribution is -2.41. The second-order valence-electron chi connectivity index (χ2n) is 5.75. The maximum Gasteiger partial charge on any atom is 0.391 e. The fraction of sp³-hybridized carbons (Fsp3) is 0.600. The fourth-order valence-corrected chi connectivity index (χ4v) is 3.53. The van der Waals surface area contributed by atoms with Crippen LogP contribution in [0.2, 0.25) is 0 Å². The van der Waals surface area contributed by atoms with Crippen molar-refractivity contribution in [1.29, 1.82) is 0 Å². The number of carbonyl (C=O) groups is 2. The molecule has 2 unspecified atom stereocenters. The first-order chi connectivity index (χ1) is 10.8. The van der Waals surface area contributed by atoms with Gasteiger partial charge in [0.05, 0.1) is 17.3 Å². The van der Waals surface area contributed by atoms with Crippen LogP contribution in [-0.2, 0) is 11.3 Å². The van der Waals surface area contributed by atoms with Gasteiger partial charge in [-0.2, -0.15) is 13.2 Å². The van der Waals surface area contributed by atoms with E-state index in [0.717, 1.165) is 4.88 Å². The highest BCUT2D eigenvalue weighted by Crippen LogP contribution is 2.37. The summed E-state index contributed by atoms with van der Waals surface area (Å²) < 4.78 is 38.3. The van der Waals surface area contributed by atoms with Gasteiger partial charge in [-0.25, -0.2) is 0 Å². The van der Waals surface area contributed by atoms with Gasteiger partial charge < -0.3 is 10.6 Å². The van der Waals surface area contributed by atoms with Gasteiger partial charge in [0, 0.05) is 17.8 Å². The molecule has 2 atom stereocenters. The number of amides is 2. The second-order valence-corrected chi connectivity index (χ2v) is 6.92. The van der Waals surface area contributed by atoms with Crippen molar-refractivity contribution in [2.24, 2.45) is 5.92 Å². The molecule has 0 radical (unpaired) electrons. The van der Waals surface area contributed by atoms with Crippen LogP contribution >= 0.6 is 11.3 Å². The third-order valence-electron chi connectivity index (χ3n) is 3.87. The summed E-state index contributed by atoms with van der Waals surface area (Å²) in [5.41, 5.74) is 0. The van der Waals surface area contributed by atoms with Gasteiger partial charge in [-0.1, -0.05) is 6.42 Å². The summed E-state index contributed by atoms with van der Waals surface area (Å²) >= 11 is 1.23. The van der Waals surface area contributed by atoms with Crippen LogP contribution in [0, 0.1) is 5.92 Å². The van der Waals surface area contributed by atoms with Crippen LogP contribution in [0.4, 0.5) is 13.2 Å². The van der Waals surface area contributed by atoms with E-state index in [4.69, 9.17) is 0 Å². The molecule has 1 heterocycles. The molecule has 8 heteroatoms. The molecule has 0 spiro atoms. The largest absolute Gasteiger partial charge is 0.391 e. The number of nitrogens with one attached hydrogen (secondary N) is 2.